The van der Waals surface area contributed by atoms with E-state index in [-0.39, 0.29) is 5.91 Å². The van der Waals surface area contributed by atoms with Gasteiger partial charge in [-0.2, -0.15) is 5.10 Å². The number of piperidine rings is 1. The predicted octanol–water partition coefficient (Wildman–Crippen LogP) is 3.07. The Morgan fingerprint density at radius 2 is 2.19 bits per heavy atom. The molecule has 1 aliphatic rings. The quantitative estimate of drug-likeness (QED) is 0.880. The molecule has 0 unspecified atom stereocenters. The number of likely N-dealkylation sites (tertiary alicyclic amines) is 1. The van der Waals surface area contributed by atoms with E-state index in [1.165, 1.54) is 6.42 Å². The number of thiophene rings is 1. The van der Waals surface area contributed by atoms with Crippen molar-refractivity contribution in [1.29, 1.82) is 0 Å². The summed E-state index contributed by atoms with van der Waals surface area (Å²) in [6.07, 6.45) is 3.96. The smallest absolute Gasteiger partial charge is 0.224 e. The fourth-order valence-electron chi connectivity index (χ4n) is 2.63. The highest BCUT2D eigenvalue weighted by Crippen LogP contribution is 2.23. The first-order valence-electron chi connectivity index (χ1n) is 7.22. The van der Waals surface area contributed by atoms with Gasteiger partial charge >= 0.3 is 0 Å². The molecule has 0 bridgehead atoms. The Kier molecular flexibility index (Phi) is 4.50. The van der Waals surface area contributed by atoms with Crippen LogP contribution in [0.5, 0.6) is 0 Å². The summed E-state index contributed by atoms with van der Waals surface area (Å²) >= 11 is 6.90. The molecule has 0 saturated carbocycles. The third kappa shape index (κ3) is 3.24. The number of hydrogen-bond donors (Lipinski definition) is 1. The minimum Gasteiger partial charge on any atom is -0.343 e. The van der Waals surface area contributed by atoms with Gasteiger partial charge < -0.3 is 4.90 Å². The van der Waals surface area contributed by atoms with Crippen molar-refractivity contribution in [2.75, 3.05) is 13.1 Å². The van der Waals surface area contributed by atoms with Crippen LogP contribution in [0.15, 0.2) is 17.5 Å². The summed E-state index contributed by atoms with van der Waals surface area (Å²) in [7, 11) is 0. The van der Waals surface area contributed by atoms with Crippen LogP contribution in [0, 0.1) is 4.77 Å². The van der Waals surface area contributed by atoms with E-state index in [1.54, 1.807) is 11.3 Å². The second-order valence-electron chi connectivity index (χ2n) is 5.17. The predicted molar refractivity (Wildman–Crippen MR) is 85.8 cm³/mol. The van der Waals surface area contributed by atoms with Gasteiger partial charge in [0.15, 0.2) is 10.6 Å². The fraction of sp³-hybridized carbons (Fsp3) is 0.500. The van der Waals surface area contributed by atoms with Gasteiger partial charge in [-0.3, -0.25) is 14.5 Å². The molecule has 3 rings (SSSR count). The molecule has 1 aliphatic heterocycles. The van der Waals surface area contributed by atoms with Gasteiger partial charge in [0.05, 0.1) is 4.88 Å². The average molecular weight is 322 g/mol. The van der Waals surface area contributed by atoms with Crippen LogP contribution in [-0.4, -0.2) is 38.7 Å². The van der Waals surface area contributed by atoms with Gasteiger partial charge in [-0.05, 0) is 42.9 Å². The van der Waals surface area contributed by atoms with Crippen LogP contribution < -0.4 is 0 Å². The summed E-state index contributed by atoms with van der Waals surface area (Å²) in [6, 6.07) is 4.00. The minimum atomic E-state index is 0.218. The Balaban J connectivity index is 1.69. The van der Waals surface area contributed by atoms with Crippen molar-refractivity contribution in [3.8, 4) is 10.7 Å². The van der Waals surface area contributed by atoms with Crippen molar-refractivity contribution < 1.29 is 4.79 Å². The van der Waals surface area contributed by atoms with E-state index in [9.17, 15) is 4.79 Å². The summed E-state index contributed by atoms with van der Waals surface area (Å²) in [4.78, 5) is 15.3. The average Bonchev–Trinajstić information content (AvgIpc) is 3.15. The van der Waals surface area contributed by atoms with Gasteiger partial charge in [0, 0.05) is 26.1 Å². The van der Waals surface area contributed by atoms with Crippen molar-refractivity contribution in [1.82, 2.24) is 19.7 Å². The maximum absolute atomic E-state index is 12.3. The number of carbonyl (C=O) groups is 1. The molecule has 1 fully saturated rings. The normalized spacial score (nSPS) is 15.3. The van der Waals surface area contributed by atoms with Gasteiger partial charge in [-0.1, -0.05) is 6.07 Å². The molecule has 1 saturated heterocycles. The molecular formula is C14H18N4OS2. The molecule has 0 spiro atoms. The molecule has 2 aromatic heterocycles. The highest BCUT2D eigenvalue weighted by atomic mass is 32.1. The molecule has 1 amide bonds. The zero-order chi connectivity index (χ0) is 14.7. The number of nitrogens with zero attached hydrogens (tertiary/aromatic N) is 3. The van der Waals surface area contributed by atoms with Gasteiger partial charge in [-0.15, -0.1) is 11.3 Å². The van der Waals surface area contributed by atoms with E-state index in [1.807, 2.05) is 27.0 Å². The Labute approximate surface area is 132 Å². The third-order valence-corrected chi connectivity index (χ3v) is 4.94. The van der Waals surface area contributed by atoms with Crippen LogP contribution in [0.2, 0.25) is 0 Å². The summed E-state index contributed by atoms with van der Waals surface area (Å²) in [5, 5.41) is 9.12. The molecule has 21 heavy (non-hydrogen) atoms. The van der Waals surface area contributed by atoms with E-state index in [0.717, 1.165) is 36.6 Å². The highest BCUT2D eigenvalue weighted by molar-refractivity contribution is 7.71. The summed E-state index contributed by atoms with van der Waals surface area (Å²) in [5.74, 6) is 1.04. The number of aromatic nitrogens is 3. The maximum Gasteiger partial charge on any atom is 0.224 e. The van der Waals surface area contributed by atoms with Crippen LogP contribution in [0.3, 0.4) is 0 Å². The second kappa shape index (κ2) is 6.53. The molecule has 112 valence electrons. The van der Waals surface area contributed by atoms with Crippen LogP contribution in [0.4, 0.5) is 0 Å². The van der Waals surface area contributed by atoms with E-state index < -0.39 is 0 Å². The number of H-pyrrole nitrogens is 1. The third-order valence-electron chi connectivity index (χ3n) is 3.76. The van der Waals surface area contributed by atoms with Gasteiger partial charge in [0.25, 0.3) is 0 Å². The maximum atomic E-state index is 12.3. The highest BCUT2D eigenvalue weighted by Gasteiger charge is 2.17. The molecule has 7 heteroatoms. The van der Waals surface area contributed by atoms with Crippen molar-refractivity contribution >= 4 is 29.5 Å². The summed E-state index contributed by atoms with van der Waals surface area (Å²) < 4.78 is 2.49. The number of aromatic amines is 1. The number of hydrogen-bond acceptors (Lipinski definition) is 4. The van der Waals surface area contributed by atoms with Crippen molar-refractivity contribution in [2.24, 2.45) is 0 Å². The van der Waals surface area contributed by atoms with Gasteiger partial charge in [-0.25, -0.2) is 0 Å². The van der Waals surface area contributed by atoms with Crippen molar-refractivity contribution in [3.63, 3.8) is 0 Å². The molecule has 0 aliphatic carbocycles. The summed E-state index contributed by atoms with van der Waals surface area (Å²) in [6.45, 7) is 2.37. The van der Waals surface area contributed by atoms with E-state index in [2.05, 4.69) is 10.2 Å². The lowest BCUT2D eigenvalue weighted by Crippen LogP contribution is -2.36. The number of nitrogens with one attached hydrogen (secondary N) is 1. The monoisotopic (exact) mass is 322 g/mol. The Morgan fingerprint density at radius 1 is 1.38 bits per heavy atom. The van der Waals surface area contributed by atoms with Gasteiger partial charge in [0.2, 0.25) is 5.91 Å². The van der Waals surface area contributed by atoms with Crippen LogP contribution in [0.25, 0.3) is 10.7 Å². The fourth-order valence-corrected chi connectivity index (χ4v) is 3.57. The Morgan fingerprint density at radius 3 is 2.90 bits per heavy atom. The molecule has 2 aromatic rings. The molecule has 3 heterocycles. The molecule has 5 nitrogen and oxygen atoms in total. The van der Waals surface area contributed by atoms with E-state index in [0.29, 0.717) is 17.7 Å². The summed E-state index contributed by atoms with van der Waals surface area (Å²) in [5.41, 5.74) is 0. The van der Waals surface area contributed by atoms with Crippen molar-refractivity contribution in [3.05, 3.63) is 22.3 Å². The van der Waals surface area contributed by atoms with Crippen LogP contribution in [-0.2, 0) is 11.3 Å². The number of amides is 1. The first-order valence-corrected chi connectivity index (χ1v) is 8.51. The minimum absolute atomic E-state index is 0.218. The Hall–Kier alpha value is -1.47. The van der Waals surface area contributed by atoms with Crippen LogP contribution in [0.1, 0.15) is 25.7 Å². The first-order chi connectivity index (χ1) is 10.3. The molecule has 0 atom stereocenters. The lowest BCUT2D eigenvalue weighted by molar-refractivity contribution is -0.132. The SMILES string of the molecule is O=C(CCn1c(-c2cccs2)n[nH]c1=S)N1CCCCC1. The van der Waals surface area contributed by atoms with Crippen LogP contribution >= 0.6 is 23.6 Å². The van der Waals surface area contributed by atoms with Gasteiger partial charge in [0.1, 0.15) is 0 Å². The Bertz CT molecular complexity index is 653. The first kappa shape index (κ1) is 14.5. The lowest BCUT2D eigenvalue weighted by Gasteiger charge is -2.26. The van der Waals surface area contributed by atoms with Crippen molar-refractivity contribution in [2.45, 2.75) is 32.2 Å². The zero-order valence-corrected chi connectivity index (χ0v) is 13.4. The zero-order valence-electron chi connectivity index (χ0n) is 11.7. The largest absolute Gasteiger partial charge is 0.343 e. The molecular weight excluding hydrogens is 304 g/mol. The number of rotatable bonds is 4. The standard InChI is InChI=1S/C14H18N4OS2/c19-12(17-7-2-1-3-8-17)6-9-18-13(15-16-14(18)20)11-5-4-10-21-11/h4-5,10H,1-3,6-9H2,(H,16,20). The lowest BCUT2D eigenvalue weighted by atomic mass is 10.1. The molecule has 0 radical (unpaired) electrons. The van der Waals surface area contributed by atoms with E-state index >= 15 is 0 Å². The topological polar surface area (TPSA) is 53.9 Å². The second-order valence-corrected chi connectivity index (χ2v) is 6.51. The van der Waals surface area contributed by atoms with E-state index in [4.69, 9.17) is 12.2 Å². The number of carbonyl (C=O) groups excluding carboxylic acids is 1. The molecule has 1 N–H and O–H groups in total. The molecule has 0 aromatic carbocycles.